The Morgan fingerprint density at radius 3 is 0.797 bits per heavy atom. The largest absolute Gasteiger partial charge is 0.462 e. The van der Waals surface area contributed by atoms with Crippen LogP contribution in [0.4, 0.5) is 0 Å². The second kappa shape index (κ2) is 67.1. The molecule has 0 aromatic rings. The summed E-state index contributed by atoms with van der Waals surface area (Å²) >= 11 is 0. The van der Waals surface area contributed by atoms with E-state index < -0.39 is 6.10 Å². The Bertz CT molecular complexity index is 1500. The number of ether oxygens (including phenoxy) is 3. The van der Waals surface area contributed by atoms with E-state index in [2.05, 4.69) is 106 Å². The van der Waals surface area contributed by atoms with Crippen molar-refractivity contribution < 1.29 is 28.6 Å². The maximum Gasteiger partial charge on any atom is 0.306 e. The Labute approximate surface area is 490 Å². The van der Waals surface area contributed by atoms with Crippen LogP contribution in [0.15, 0.2) is 85.1 Å². The van der Waals surface area contributed by atoms with Crippen molar-refractivity contribution in [2.75, 3.05) is 13.2 Å². The Kier molecular flexibility index (Phi) is 64.2. The van der Waals surface area contributed by atoms with Crippen molar-refractivity contribution in [1.82, 2.24) is 0 Å². The Morgan fingerprint density at radius 2 is 0.494 bits per heavy atom. The van der Waals surface area contributed by atoms with E-state index in [1.807, 2.05) is 0 Å². The molecule has 0 unspecified atom stereocenters. The van der Waals surface area contributed by atoms with Crippen molar-refractivity contribution in [1.29, 1.82) is 0 Å². The first kappa shape index (κ1) is 75.6. The number of carbonyl (C=O) groups is 3. The van der Waals surface area contributed by atoms with Crippen LogP contribution in [0, 0.1) is 0 Å². The van der Waals surface area contributed by atoms with Crippen LogP contribution in [0.5, 0.6) is 0 Å². The lowest BCUT2D eigenvalue weighted by Gasteiger charge is -2.18. The molecule has 0 amide bonds. The van der Waals surface area contributed by atoms with Crippen LogP contribution < -0.4 is 0 Å². The zero-order valence-corrected chi connectivity index (χ0v) is 52.4. The molecule has 0 rings (SSSR count). The molecular formula is C73H128O6. The molecule has 0 radical (unpaired) electrons. The van der Waals surface area contributed by atoms with Crippen LogP contribution in [-0.4, -0.2) is 37.2 Å². The number of hydrogen-bond acceptors (Lipinski definition) is 6. The molecule has 0 fully saturated rings. The van der Waals surface area contributed by atoms with Crippen molar-refractivity contribution in [2.45, 2.75) is 348 Å². The fourth-order valence-corrected chi connectivity index (χ4v) is 9.76. The highest BCUT2D eigenvalue weighted by atomic mass is 16.6. The van der Waals surface area contributed by atoms with Crippen LogP contribution in [-0.2, 0) is 28.6 Å². The van der Waals surface area contributed by atoms with E-state index in [-0.39, 0.29) is 31.1 Å². The average Bonchev–Trinajstić information content (AvgIpc) is 3.45. The molecule has 0 saturated carbocycles. The SMILES string of the molecule is CC/C=C\C/C=C\C/C=C\C/C=C\C/C=C\CCCCCC(=O)OC[C@H](COC(=O)CCCCCCCCCCCCC/C=C\CCCCCCCC)OC(=O)CCCCCCCCCCCCC/C=C\CCCCCCCC. The summed E-state index contributed by atoms with van der Waals surface area (Å²) in [4.78, 5) is 38.4. The van der Waals surface area contributed by atoms with E-state index in [1.165, 1.54) is 205 Å². The van der Waals surface area contributed by atoms with Gasteiger partial charge >= 0.3 is 17.9 Å². The summed E-state index contributed by atoms with van der Waals surface area (Å²) in [6.45, 7) is 6.54. The lowest BCUT2D eigenvalue weighted by Crippen LogP contribution is -2.30. The standard InChI is InChI=1S/C73H128O6/c1-4-7-10-13-16-19-22-25-28-31-34-36-39-42-45-48-51-54-57-60-63-66-72(75)78-69-70(68-77-71(74)65-62-59-56-53-50-47-44-41-38-33-30-27-24-21-18-15-12-9-6-3)79-73(76)67-64-61-58-55-52-49-46-43-40-37-35-32-29-26-23-20-17-14-11-8-5-2/h9,12,18,21,25-30,38,41,47,50,70H,4-8,10-11,13-17,19-20,22-24,31-37,39-40,42-46,48-49,51-69H2,1-3H3/b12-9-,21-18-,28-25-,29-26-,30-27-,41-38-,50-47-/t70-/m1/s1. The molecule has 0 heterocycles. The number of allylic oxidation sites excluding steroid dienone is 14. The quantitative estimate of drug-likeness (QED) is 0.0261. The fraction of sp³-hybridized carbons (Fsp3) is 0.767. The molecule has 0 aliphatic carbocycles. The van der Waals surface area contributed by atoms with Gasteiger partial charge in [-0.25, -0.2) is 0 Å². The summed E-state index contributed by atoms with van der Waals surface area (Å²) < 4.78 is 17.0. The van der Waals surface area contributed by atoms with Crippen LogP contribution in [0.25, 0.3) is 0 Å². The van der Waals surface area contributed by atoms with E-state index >= 15 is 0 Å². The lowest BCUT2D eigenvalue weighted by atomic mass is 10.0. The van der Waals surface area contributed by atoms with Gasteiger partial charge in [0, 0.05) is 19.3 Å². The first-order valence-corrected chi connectivity index (χ1v) is 34.1. The van der Waals surface area contributed by atoms with Gasteiger partial charge in [0.2, 0.25) is 0 Å². The van der Waals surface area contributed by atoms with Crippen molar-refractivity contribution in [3.8, 4) is 0 Å². The highest BCUT2D eigenvalue weighted by molar-refractivity contribution is 5.71. The predicted octanol–water partition coefficient (Wildman–Crippen LogP) is 23.4. The topological polar surface area (TPSA) is 78.9 Å². The number of hydrogen-bond donors (Lipinski definition) is 0. The molecule has 0 saturated heterocycles. The summed E-state index contributed by atoms with van der Waals surface area (Å²) in [5, 5.41) is 0. The Balaban J connectivity index is 4.41. The highest BCUT2D eigenvalue weighted by Crippen LogP contribution is 2.17. The predicted molar refractivity (Wildman–Crippen MR) is 344 cm³/mol. The molecule has 0 aliphatic rings. The smallest absolute Gasteiger partial charge is 0.306 e. The van der Waals surface area contributed by atoms with Crippen LogP contribution >= 0.6 is 0 Å². The molecule has 79 heavy (non-hydrogen) atoms. The van der Waals surface area contributed by atoms with Gasteiger partial charge in [-0.05, 0) is 116 Å². The molecule has 456 valence electrons. The van der Waals surface area contributed by atoms with Gasteiger partial charge < -0.3 is 14.2 Å². The first-order valence-electron chi connectivity index (χ1n) is 34.1. The maximum atomic E-state index is 13.0. The third-order valence-electron chi connectivity index (χ3n) is 14.9. The van der Waals surface area contributed by atoms with Crippen molar-refractivity contribution >= 4 is 17.9 Å². The van der Waals surface area contributed by atoms with E-state index in [0.29, 0.717) is 19.3 Å². The maximum absolute atomic E-state index is 13.0. The monoisotopic (exact) mass is 1100 g/mol. The van der Waals surface area contributed by atoms with Crippen LogP contribution in [0.1, 0.15) is 342 Å². The van der Waals surface area contributed by atoms with Crippen molar-refractivity contribution in [3.05, 3.63) is 85.1 Å². The second-order valence-corrected chi connectivity index (χ2v) is 22.7. The van der Waals surface area contributed by atoms with Gasteiger partial charge in [-0.1, -0.05) is 292 Å². The Morgan fingerprint density at radius 1 is 0.266 bits per heavy atom. The summed E-state index contributed by atoms with van der Waals surface area (Å²) in [7, 11) is 0. The molecule has 0 N–H and O–H groups in total. The summed E-state index contributed by atoms with van der Waals surface area (Å²) in [5.74, 6) is -0.904. The number of unbranched alkanes of at least 4 members (excludes halogenated alkanes) is 37. The van der Waals surface area contributed by atoms with E-state index in [1.54, 1.807) is 0 Å². The number of rotatable bonds is 62. The van der Waals surface area contributed by atoms with Crippen LogP contribution in [0.3, 0.4) is 0 Å². The summed E-state index contributed by atoms with van der Waals surface area (Å²) in [6.07, 6.45) is 88.8. The minimum absolute atomic E-state index is 0.0859. The third kappa shape index (κ3) is 65.3. The zero-order valence-electron chi connectivity index (χ0n) is 52.4. The van der Waals surface area contributed by atoms with E-state index in [9.17, 15) is 14.4 Å². The second-order valence-electron chi connectivity index (χ2n) is 22.7. The molecule has 0 bridgehead atoms. The lowest BCUT2D eigenvalue weighted by molar-refractivity contribution is -0.167. The van der Waals surface area contributed by atoms with Gasteiger partial charge in [-0.3, -0.25) is 14.4 Å². The molecule has 0 spiro atoms. The van der Waals surface area contributed by atoms with Gasteiger partial charge in [0.25, 0.3) is 0 Å². The summed E-state index contributed by atoms with van der Waals surface area (Å²) in [6, 6.07) is 0. The minimum atomic E-state index is -0.793. The highest BCUT2D eigenvalue weighted by Gasteiger charge is 2.19. The zero-order chi connectivity index (χ0) is 57.1. The molecule has 6 heteroatoms. The van der Waals surface area contributed by atoms with Crippen molar-refractivity contribution in [2.24, 2.45) is 0 Å². The molecule has 1 atom stereocenters. The third-order valence-corrected chi connectivity index (χ3v) is 14.9. The van der Waals surface area contributed by atoms with Gasteiger partial charge in [0.05, 0.1) is 0 Å². The Hall–Kier alpha value is -3.41. The van der Waals surface area contributed by atoms with Gasteiger partial charge in [0.1, 0.15) is 13.2 Å². The molecular weight excluding hydrogens is 973 g/mol. The molecule has 0 aromatic heterocycles. The fourth-order valence-electron chi connectivity index (χ4n) is 9.76. The molecule has 0 aromatic carbocycles. The van der Waals surface area contributed by atoms with E-state index in [4.69, 9.17) is 14.2 Å². The first-order chi connectivity index (χ1) is 39.0. The van der Waals surface area contributed by atoms with Gasteiger partial charge in [0.15, 0.2) is 6.10 Å². The van der Waals surface area contributed by atoms with Crippen molar-refractivity contribution in [3.63, 3.8) is 0 Å². The van der Waals surface area contributed by atoms with Crippen LogP contribution in [0.2, 0.25) is 0 Å². The normalized spacial score (nSPS) is 12.6. The average molecular weight is 1100 g/mol. The minimum Gasteiger partial charge on any atom is -0.462 e. The van der Waals surface area contributed by atoms with Gasteiger partial charge in [-0.2, -0.15) is 0 Å². The number of esters is 3. The molecule has 6 nitrogen and oxygen atoms in total. The van der Waals surface area contributed by atoms with E-state index in [0.717, 1.165) is 96.3 Å². The number of carbonyl (C=O) groups excluding carboxylic acids is 3. The van der Waals surface area contributed by atoms with Gasteiger partial charge in [-0.15, -0.1) is 0 Å². The molecule has 0 aliphatic heterocycles. The summed E-state index contributed by atoms with van der Waals surface area (Å²) in [5.41, 5.74) is 0.